The molecule has 74 heavy (non-hydrogen) atoms. The summed E-state index contributed by atoms with van der Waals surface area (Å²) in [5, 5.41) is 27.8. The fourth-order valence-corrected chi connectivity index (χ4v) is 7.36. The fourth-order valence-electron chi connectivity index (χ4n) is 6.85. The predicted molar refractivity (Wildman–Crippen MR) is 287 cm³/mol. The molecule has 0 aliphatic heterocycles. The monoisotopic (exact) mass is 1070 g/mol. The van der Waals surface area contributed by atoms with Crippen LogP contribution in [0.25, 0.3) is 0 Å². The lowest BCUT2D eigenvalue weighted by Gasteiger charge is -2.31. The Kier molecular flexibility index (Phi) is 27.7. The summed E-state index contributed by atoms with van der Waals surface area (Å²) in [7, 11) is 0. The number of amides is 7. The van der Waals surface area contributed by atoms with Gasteiger partial charge in [0.1, 0.15) is 41.8 Å². The van der Waals surface area contributed by atoms with Gasteiger partial charge >= 0.3 is 5.97 Å². The quantitative estimate of drug-likeness (QED) is 0.0139. The van der Waals surface area contributed by atoms with Gasteiger partial charge in [-0.25, -0.2) is 4.79 Å². The van der Waals surface area contributed by atoms with Crippen molar-refractivity contribution >= 4 is 90.5 Å². The number of hydrogen-bond donors (Lipinski definition) is 17. The van der Waals surface area contributed by atoms with Crippen molar-refractivity contribution in [2.75, 3.05) is 31.1 Å². The molecule has 2 aromatic carbocycles. The number of nitrogens with zero attached hydrogens (tertiary/aromatic N) is 3. The Morgan fingerprint density at radius 3 is 1.24 bits per heavy atom. The summed E-state index contributed by atoms with van der Waals surface area (Å²) in [6.07, 6.45) is 0.523. The van der Waals surface area contributed by atoms with E-state index in [-0.39, 0.29) is 94.0 Å². The highest BCUT2D eigenvalue weighted by atomic mass is 32.1. The minimum absolute atomic E-state index is 0.0429. The van der Waals surface area contributed by atoms with Gasteiger partial charge in [0.15, 0.2) is 17.9 Å². The van der Waals surface area contributed by atoms with Gasteiger partial charge in [0.25, 0.3) is 0 Å². The minimum Gasteiger partial charge on any atom is -0.480 e. The number of carboxylic acids is 1. The fraction of sp³-hybridized carbons (Fsp3) is 0.500. The summed E-state index contributed by atoms with van der Waals surface area (Å²) in [6.45, 7) is 3.05. The maximum absolute atomic E-state index is 14.5. The molecule has 7 atom stereocenters. The zero-order valence-corrected chi connectivity index (χ0v) is 43.3. The van der Waals surface area contributed by atoms with Crippen LogP contribution in [-0.4, -0.2) is 149 Å². The molecule has 408 valence electrons. The van der Waals surface area contributed by atoms with Crippen molar-refractivity contribution < 1.29 is 43.5 Å². The summed E-state index contributed by atoms with van der Waals surface area (Å²) in [6, 6.07) is 8.05. The van der Waals surface area contributed by atoms with Crippen molar-refractivity contribution in [3.8, 4) is 0 Å². The van der Waals surface area contributed by atoms with Gasteiger partial charge < -0.3 is 82.5 Å². The van der Waals surface area contributed by atoms with E-state index in [9.17, 15) is 43.5 Å². The molecule has 22 N–H and O–H groups in total. The number of carbonyl (C=O) groups is 8. The van der Waals surface area contributed by atoms with Crippen molar-refractivity contribution in [1.29, 1.82) is 0 Å². The highest BCUT2D eigenvalue weighted by molar-refractivity contribution is 7.80. The number of rotatable bonds is 33. The number of thiol groups is 2. The Morgan fingerprint density at radius 2 is 0.851 bits per heavy atom. The molecule has 0 bridgehead atoms. The van der Waals surface area contributed by atoms with Gasteiger partial charge in [-0.05, 0) is 63.5 Å². The van der Waals surface area contributed by atoms with Crippen LogP contribution in [0.15, 0.2) is 75.6 Å². The van der Waals surface area contributed by atoms with Gasteiger partial charge in [-0.1, -0.05) is 60.7 Å². The largest absolute Gasteiger partial charge is 0.480 e. The van der Waals surface area contributed by atoms with E-state index in [0.717, 1.165) is 0 Å². The topological polar surface area (TPSA) is 460 Å². The molecular weight excluding hydrogens is 999 g/mol. The zero-order chi connectivity index (χ0) is 55.4. The van der Waals surface area contributed by atoms with Crippen molar-refractivity contribution in [2.45, 2.75) is 113 Å². The van der Waals surface area contributed by atoms with Crippen molar-refractivity contribution in [2.24, 2.45) is 55.1 Å². The van der Waals surface area contributed by atoms with E-state index >= 15 is 0 Å². The van der Waals surface area contributed by atoms with Crippen LogP contribution in [0.2, 0.25) is 0 Å². The first-order valence-corrected chi connectivity index (χ1v) is 24.8. The van der Waals surface area contributed by atoms with Crippen LogP contribution in [0.4, 0.5) is 0 Å². The molecule has 0 fully saturated rings. The Morgan fingerprint density at radius 1 is 0.500 bits per heavy atom. The van der Waals surface area contributed by atoms with E-state index < -0.39 is 95.2 Å². The van der Waals surface area contributed by atoms with Gasteiger partial charge in [-0.2, -0.15) is 25.3 Å². The average Bonchev–Trinajstić information content (AvgIpc) is 3.34. The number of carboxylic acid groups (broad SMARTS) is 1. The summed E-state index contributed by atoms with van der Waals surface area (Å²) >= 11 is 8.24. The number of carbonyl (C=O) groups excluding carboxylic acids is 7. The zero-order valence-electron chi connectivity index (χ0n) is 41.5. The molecule has 2 aromatic rings. The van der Waals surface area contributed by atoms with Gasteiger partial charge in [0.2, 0.25) is 41.4 Å². The first-order valence-electron chi connectivity index (χ1n) is 23.6. The van der Waals surface area contributed by atoms with Crippen molar-refractivity contribution in [3.05, 3.63) is 71.8 Å². The predicted octanol–water partition coefficient (Wildman–Crippen LogP) is -4.29. The lowest BCUT2D eigenvalue weighted by atomic mass is 10.0. The molecule has 0 radical (unpaired) electrons. The SMILES string of the molecule is CC(C)(NC(=O)[C@H](CS)NC(=O)[C@@H](N)CCCN=C(N)N)C(=O)N[C@@H](CCCN=C(N)N)C(=O)N[C@H](Cc1ccccc1)C(=O)N[C@@H](CCCN=C(N)N)C(=O)N[C@@H](Cc1ccccc1)C(=O)N[C@@H](CS)C(=O)O. The second kappa shape index (κ2) is 32.7. The number of aliphatic imine (C=N–C) groups is 3. The van der Waals surface area contributed by atoms with E-state index in [4.69, 9.17) is 40.1 Å². The van der Waals surface area contributed by atoms with E-state index in [1.165, 1.54) is 13.8 Å². The average molecular weight is 1070 g/mol. The van der Waals surface area contributed by atoms with Crippen LogP contribution < -0.4 is 77.4 Å². The highest BCUT2D eigenvalue weighted by Crippen LogP contribution is 2.12. The van der Waals surface area contributed by atoms with Crippen LogP contribution in [0.5, 0.6) is 0 Å². The Bertz CT molecular complexity index is 2260. The molecule has 0 saturated heterocycles. The van der Waals surface area contributed by atoms with Crippen LogP contribution in [0.3, 0.4) is 0 Å². The second-order valence-electron chi connectivity index (χ2n) is 17.5. The smallest absolute Gasteiger partial charge is 0.327 e. The maximum atomic E-state index is 14.5. The third-order valence-electron chi connectivity index (χ3n) is 10.9. The van der Waals surface area contributed by atoms with E-state index in [1.807, 2.05) is 0 Å². The number of guanidine groups is 3. The molecule has 0 unspecified atom stereocenters. The van der Waals surface area contributed by atoms with Crippen LogP contribution >= 0.6 is 25.3 Å². The lowest BCUT2D eigenvalue weighted by molar-refractivity contribution is -0.141. The molecule has 0 aromatic heterocycles. The van der Waals surface area contributed by atoms with E-state index in [0.29, 0.717) is 17.5 Å². The van der Waals surface area contributed by atoms with Gasteiger partial charge in [0, 0.05) is 44.0 Å². The van der Waals surface area contributed by atoms with Crippen molar-refractivity contribution in [1.82, 2.24) is 37.2 Å². The van der Waals surface area contributed by atoms with E-state index in [1.54, 1.807) is 60.7 Å². The van der Waals surface area contributed by atoms with E-state index in [2.05, 4.69) is 77.5 Å². The van der Waals surface area contributed by atoms with Crippen LogP contribution in [-0.2, 0) is 51.2 Å². The summed E-state index contributed by atoms with van der Waals surface area (Å²) in [4.78, 5) is 121. The van der Waals surface area contributed by atoms with Gasteiger partial charge in [-0.15, -0.1) is 0 Å². The first-order chi connectivity index (χ1) is 35.0. The lowest BCUT2D eigenvalue weighted by Crippen LogP contribution is -2.63. The summed E-state index contributed by atoms with van der Waals surface area (Å²) in [5.74, 6) is -7.99. The number of benzene rings is 2. The number of aliphatic carboxylic acids is 1. The van der Waals surface area contributed by atoms with Crippen molar-refractivity contribution in [3.63, 3.8) is 0 Å². The van der Waals surface area contributed by atoms with Gasteiger partial charge in [-0.3, -0.25) is 48.5 Å². The molecule has 7 amide bonds. The summed E-state index contributed by atoms with van der Waals surface area (Å²) < 4.78 is 0. The Balaban J connectivity index is 2.47. The number of nitrogens with one attached hydrogen (secondary N) is 7. The minimum atomic E-state index is -1.72. The molecule has 2 rings (SSSR count). The molecule has 0 aliphatic carbocycles. The standard InChI is InChI=1S/C46H73N17O9S2/c1-46(2,63-40(69)33(24-73)60-35(64)28(47)16-9-19-54-43(48)49)42(72)62-30(18-11-21-56-45(52)53)37(66)59-31(22-26-12-5-3-6-13-26)38(67)57-29(17-10-20-55-44(50)51)36(65)58-32(23-27-14-7-4-8-15-27)39(68)61-34(25-74)41(70)71/h3-8,12-15,28-34,73-74H,9-11,16-25,47H2,1-2H3,(H,57,67)(H,58,65)(H,59,66)(H,60,64)(H,61,68)(H,62,72)(H,63,69)(H,70,71)(H4,48,49,54)(H4,50,51,55)(H4,52,53,56)/t28-,29-,30-,31+,32-,33-,34-/m0/s1. The Labute approximate surface area is 440 Å². The molecule has 0 aliphatic rings. The third-order valence-corrected chi connectivity index (χ3v) is 11.6. The number of nitrogens with two attached hydrogens (primary N) is 7. The molecule has 26 nitrogen and oxygen atoms in total. The van der Waals surface area contributed by atoms with Crippen LogP contribution in [0, 0.1) is 0 Å². The summed E-state index contributed by atoms with van der Waals surface area (Å²) in [5.41, 5.74) is 38.3. The maximum Gasteiger partial charge on any atom is 0.327 e. The van der Waals surface area contributed by atoms with Gasteiger partial charge in [0.05, 0.1) is 6.04 Å². The molecular formula is C46H73N17O9S2. The third kappa shape index (κ3) is 23.9. The Hall–Kier alpha value is -7.33. The molecule has 0 spiro atoms. The number of hydrogen-bond acceptors (Lipinski definition) is 14. The molecule has 0 heterocycles. The van der Waals surface area contributed by atoms with Crippen LogP contribution in [0.1, 0.15) is 63.5 Å². The second-order valence-corrected chi connectivity index (χ2v) is 18.2. The normalized spacial score (nSPS) is 13.8. The molecule has 0 saturated carbocycles. The highest BCUT2D eigenvalue weighted by Gasteiger charge is 2.37. The first kappa shape index (κ1) is 62.8. The molecule has 28 heteroatoms.